The minimum Gasteiger partial charge on any atom is -0.508 e. The first-order valence-corrected chi connectivity index (χ1v) is 34.3. The van der Waals surface area contributed by atoms with Crippen LogP contribution < -0.4 is 71.2 Å². The Labute approximate surface area is 567 Å². The molecule has 0 saturated carbocycles. The van der Waals surface area contributed by atoms with Gasteiger partial charge in [0, 0.05) is 56.9 Å². The lowest BCUT2D eigenvalue weighted by atomic mass is 9.99. The maximum Gasteiger partial charge on any atom is 0.246 e. The number of amides is 12. The molecule has 3 unspecified atom stereocenters. The second kappa shape index (κ2) is 41.0. The van der Waals surface area contributed by atoms with E-state index in [1.54, 1.807) is 30.3 Å². The maximum absolute atomic E-state index is 15.0. The Hall–Kier alpha value is -8.39. The van der Waals surface area contributed by atoms with E-state index in [2.05, 4.69) is 47.5 Å². The number of unbranched alkanes of at least 4 members (excludes halogenated alkanes) is 5. The molecule has 5 rings (SSSR count). The molecule has 34 nitrogen and oxygen atoms in total. The van der Waals surface area contributed by atoms with E-state index in [1.807, 2.05) is 0 Å². The lowest BCUT2D eigenvalue weighted by molar-refractivity contribution is -0.301. The number of nitrogens with two attached hydrogens (primary N) is 5. The molecule has 0 aliphatic carbocycles. The summed E-state index contributed by atoms with van der Waals surface area (Å²) in [6.45, 7) is -1.05. The summed E-state index contributed by atoms with van der Waals surface area (Å²) in [5, 5.41) is 70.7. The van der Waals surface area contributed by atoms with Crippen LogP contribution in [0.15, 0.2) is 59.6 Å². The van der Waals surface area contributed by atoms with Gasteiger partial charge in [0.25, 0.3) is 0 Å². The van der Waals surface area contributed by atoms with Gasteiger partial charge in [-0.3, -0.25) is 62.5 Å². The lowest BCUT2D eigenvalue weighted by Crippen LogP contribution is -2.61. The second-order valence-electron chi connectivity index (χ2n) is 23.6. The number of ether oxygens (including phenoxy) is 2. The van der Waals surface area contributed by atoms with Gasteiger partial charge in [0.05, 0.1) is 19.6 Å². The largest absolute Gasteiger partial charge is 0.508 e. The Kier molecular flexibility index (Phi) is 33.5. The maximum atomic E-state index is 15.0. The summed E-state index contributed by atoms with van der Waals surface area (Å²) in [6, 6.07) is 1.80. The van der Waals surface area contributed by atoms with Crippen LogP contribution in [-0.2, 0) is 79.8 Å². The topological polar surface area (TPSA) is 566 Å². The zero-order chi connectivity index (χ0) is 71.1. The molecule has 3 aliphatic rings. The number of hydrogen-bond acceptors (Lipinski definition) is 22. The fourth-order valence-electron chi connectivity index (χ4n) is 10.7. The third kappa shape index (κ3) is 27.2. The summed E-state index contributed by atoms with van der Waals surface area (Å²) < 4.78 is 11.0. The third-order valence-corrected chi connectivity index (χ3v) is 18.3. The zero-order valence-electron chi connectivity index (χ0n) is 53.5. The molecule has 0 spiro atoms. The van der Waals surface area contributed by atoms with E-state index < -0.39 is 182 Å². The second-order valence-corrected chi connectivity index (χ2v) is 26.1. The van der Waals surface area contributed by atoms with Crippen molar-refractivity contribution in [3.8, 4) is 5.75 Å². The molecule has 3 heterocycles. The molecule has 23 N–H and O–H groups in total. The summed E-state index contributed by atoms with van der Waals surface area (Å²) in [7, 11) is 1.87. The SMILES string of the molecule is NC(=O)CCC1NC(=O)[C@H](Cc2ccccc2)NC(=O)C(Cc2ccc(O)cc2)NC(=O)[C@@H](NC(=O)CCCCCCCCO[C@@H]2O[C@H](CO)[C@H](O)[C@H](O)[C@H]2O)CSSC[C@@H](C(=O)N2CCC[C@H]2C(=O)N[C@@H](CCCN=C(N)N)C(=O)NCC(N)=O)NC(=O)C(CC(N)=O)NC1=O. The highest BCUT2D eigenvalue weighted by Crippen LogP contribution is 2.27. The molecule has 97 heavy (non-hydrogen) atoms. The first kappa shape index (κ1) is 79.3. The van der Waals surface area contributed by atoms with Gasteiger partial charge in [-0.2, -0.15) is 0 Å². The summed E-state index contributed by atoms with van der Waals surface area (Å²) in [5.74, 6) is -12.0. The highest BCUT2D eigenvalue weighted by molar-refractivity contribution is 8.76. The van der Waals surface area contributed by atoms with Crippen LogP contribution >= 0.6 is 21.6 Å². The Bertz CT molecular complexity index is 3030. The van der Waals surface area contributed by atoms with E-state index in [0.717, 1.165) is 26.5 Å². The minimum atomic E-state index is -1.87. The molecule has 3 aliphatic heterocycles. The molecule has 3 saturated heterocycles. The number of likely N-dealkylation sites (tertiary alicyclic amines) is 1. The van der Waals surface area contributed by atoms with Crippen LogP contribution in [0.4, 0.5) is 0 Å². The van der Waals surface area contributed by atoms with E-state index in [4.69, 9.17) is 38.1 Å². The molecule has 3 fully saturated rings. The van der Waals surface area contributed by atoms with Crippen molar-refractivity contribution in [3.63, 3.8) is 0 Å². The highest BCUT2D eigenvalue weighted by atomic mass is 33.1. The smallest absolute Gasteiger partial charge is 0.246 e. The number of primary amides is 3. The van der Waals surface area contributed by atoms with Crippen LogP contribution in [0.1, 0.15) is 101 Å². The molecular weight excluding hydrogens is 1310 g/mol. The van der Waals surface area contributed by atoms with Gasteiger partial charge >= 0.3 is 0 Å². The number of carbonyl (C=O) groups excluding carboxylic acids is 12. The van der Waals surface area contributed by atoms with Crippen molar-refractivity contribution < 1.29 is 92.5 Å². The number of benzene rings is 2. The van der Waals surface area contributed by atoms with E-state index in [0.29, 0.717) is 49.7 Å². The van der Waals surface area contributed by atoms with Gasteiger partial charge in [-0.15, -0.1) is 0 Å². The molecule has 2 aromatic carbocycles. The molecule has 536 valence electrons. The van der Waals surface area contributed by atoms with E-state index in [-0.39, 0.29) is 87.9 Å². The average Bonchev–Trinajstić information content (AvgIpc) is 1.09. The van der Waals surface area contributed by atoms with Gasteiger partial charge in [0.1, 0.15) is 78.5 Å². The van der Waals surface area contributed by atoms with Gasteiger partial charge in [0.2, 0.25) is 70.9 Å². The fourth-order valence-corrected chi connectivity index (χ4v) is 13.0. The van der Waals surface area contributed by atoms with Crippen LogP contribution in [0.2, 0.25) is 0 Å². The summed E-state index contributed by atoms with van der Waals surface area (Å²) in [6.07, 6.45) is -5.53. The number of phenols is 1. The molecular formula is C61H91N15O19S2. The van der Waals surface area contributed by atoms with Gasteiger partial charge in [-0.05, 0) is 68.2 Å². The molecule has 0 aromatic heterocycles. The fraction of sp³-hybridized carbons (Fsp3) is 0.590. The Balaban J connectivity index is 1.46. The number of aliphatic hydroxyl groups excluding tert-OH is 4. The molecule has 13 atom stereocenters. The number of nitrogens with one attached hydrogen (secondary N) is 8. The van der Waals surface area contributed by atoms with Crippen LogP contribution in [0.25, 0.3) is 0 Å². The predicted molar refractivity (Wildman–Crippen MR) is 352 cm³/mol. The van der Waals surface area contributed by atoms with Crippen LogP contribution in [0.3, 0.4) is 0 Å². The van der Waals surface area contributed by atoms with Gasteiger partial charge in [0.15, 0.2) is 12.2 Å². The standard InChI is InChI=1S/C61H91N15O19S2/c62-45(79)22-21-37-53(87)74-40(28-46(63)80)56(90)75-42(59(93)76-24-11-15-43(76)58(92)71-36(14-10-23-67-61(65)66)52(86)68-29-47(64)81)32-97-96-31-41(69-48(82)16-8-3-1-2-4-9-25-94-60-51(85)50(84)49(83)44(30-77)95-60)57(91)73-39(27-34-17-19-35(78)20-18-34)55(89)72-38(54(88)70-37)26-33-12-6-5-7-13-33/h5-7,12-13,17-20,36-44,49-51,60,77-78,83-85H,1-4,8-11,14-16,21-32H2,(H2,62,79)(H2,63,80)(H2,64,81)(H,68,86)(H,69,82)(H,70,88)(H,71,92)(H,72,89)(H,73,91)(H,74,87)(H,75,90)(H4,65,66,67)/t36-,37?,38-,39?,40?,41-,42-,43-,44+,49-,50-,51+,60+/m0/s1. The summed E-state index contributed by atoms with van der Waals surface area (Å²) >= 11 is 0. The number of nitrogens with zero attached hydrogens (tertiary/aromatic N) is 2. The Morgan fingerprint density at radius 3 is 1.91 bits per heavy atom. The minimum absolute atomic E-state index is 0.0414. The molecule has 2 aromatic rings. The highest BCUT2D eigenvalue weighted by Gasteiger charge is 2.45. The van der Waals surface area contributed by atoms with Crippen molar-refractivity contribution in [1.82, 2.24) is 47.4 Å². The molecule has 36 heteroatoms. The number of aliphatic imine (C=N–C) groups is 1. The van der Waals surface area contributed by atoms with E-state index in [9.17, 15) is 83.1 Å². The summed E-state index contributed by atoms with van der Waals surface area (Å²) in [4.78, 5) is 171. The van der Waals surface area contributed by atoms with Crippen LogP contribution in [0.5, 0.6) is 5.75 Å². The van der Waals surface area contributed by atoms with Crippen molar-refractivity contribution in [2.45, 2.75) is 182 Å². The van der Waals surface area contributed by atoms with Gasteiger partial charge in [-0.1, -0.05) is 89.7 Å². The first-order valence-electron chi connectivity index (χ1n) is 31.8. The number of phenolic OH excluding ortho intramolecular Hbond substituents is 1. The van der Waals surface area contributed by atoms with Gasteiger partial charge in [-0.25, -0.2) is 0 Å². The van der Waals surface area contributed by atoms with Crippen LogP contribution in [-0.4, -0.2) is 231 Å². The average molecular weight is 1400 g/mol. The summed E-state index contributed by atoms with van der Waals surface area (Å²) in [5.41, 5.74) is 28.2. The zero-order valence-corrected chi connectivity index (χ0v) is 55.1. The van der Waals surface area contributed by atoms with Crippen molar-refractivity contribution in [3.05, 3.63) is 65.7 Å². The number of aromatic hydroxyl groups is 1. The number of guanidine groups is 1. The van der Waals surface area contributed by atoms with Gasteiger partial charge < -0.3 is 111 Å². The van der Waals surface area contributed by atoms with Crippen molar-refractivity contribution >= 4 is 98.4 Å². The van der Waals surface area contributed by atoms with Crippen molar-refractivity contribution in [2.24, 2.45) is 33.7 Å². The van der Waals surface area contributed by atoms with Crippen molar-refractivity contribution in [1.29, 1.82) is 0 Å². The first-order chi connectivity index (χ1) is 46.2. The van der Waals surface area contributed by atoms with Crippen molar-refractivity contribution in [2.75, 3.05) is 44.4 Å². The normalized spacial score (nSPS) is 24.9. The Morgan fingerprint density at radius 1 is 0.670 bits per heavy atom. The third-order valence-electron chi connectivity index (χ3n) is 15.9. The number of hydrogen-bond donors (Lipinski definition) is 18. The monoisotopic (exact) mass is 1400 g/mol. The molecule has 12 amide bonds. The Morgan fingerprint density at radius 2 is 1.27 bits per heavy atom. The van der Waals surface area contributed by atoms with Crippen LogP contribution in [0, 0.1) is 0 Å². The van der Waals surface area contributed by atoms with E-state index in [1.165, 1.54) is 24.3 Å². The molecule has 0 bridgehead atoms. The predicted octanol–water partition coefficient (Wildman–Crippen LogP) is -5.70. The van der Waals surface area contributed by atoms with E-state index >= 15 is 0 Å². The number of carbonyl (C=O) groups is 12. The number of rotatable bonds is 31. The number of aliphatic hydroxyl groups is 4. The lowest BCUT2D eigenvalue weighted by Gasteiger charge is -2.39. The molecule has 0 radical (unpaired) electrons. The quantitative estimate of drug-likeness (QED) is 0.0145.